The van der Waals surface area contributed by atoms with Crippen LogP contribution in [0.3, 0.4) is 0 Å². The van der Waals surface area contributed by atoms with Gasteiger partial charge in [-0.25, -0.2) is 14.4 Å². The molecule has 0 radical (unpaired) electrons. The van der Waals surface area contributed by atoms with E-state index in [1.165, 1.54) is 0 Å². The van der Waals surface area contributed by atoms with Gasteiger partial charge in [0, 0.05) is 40.0 Å². The van der Waals surface area contributed by atoms with Gasteiger partial charge in [0.1, 0.15) is 104 Å². The molecule has 0 aromatic carbocycles. The van der Waals surface area contributed by atoms with Crippen LogP contribution in [0.15, 0.2) is 0 Å². The van der Waals surface area contributed by atoms with Crippen LogP contribution >= 0.6 is 0 Å². The van der Waals surface area contributed by atoms with Crippen LogP contribution in [-0.2, 0) is 80.9 Å². The second kappa shape index (κ2) is 32.4. The van der Waals surface area contributed by atoms with Gasteiger partial charge >= 0.3 is 17.9 Å². The number of rotatable bonds is 31. The third-order valence-corrected chi connectivity index (χ3v) is 15.4. The molecule has 0 saturated carbocycles. The maximum absolute atomic E-state index is 13.5. The molecule has 41 heteroatoms. The van der Waals surface area contributed by atoms with Crippen molar-refractivity contribution < 1.29 is 183 Å². The first-order valence-electron chi connectivity index (χ1n) is 27.7. The predicted molar refractivity (Wildman–Crippen MR) is 277 cm³/mol. The normalized spacial score (nSPS) is 39.7. The standard InChI is InChI=1S/C49H80N4O37/c1-15(61)51-27-19(64)4-47(44(75)76,87-38(27)30(68)22(67)8-55)85-24(10-57)32(70)39-28(52-16(2)62)20(65)5-48(88-39,45(77)78)86-25(11-58)33(71)40-29(53-17(3)63)21(66)6-49(89-40,46(79)80)90-41-31(69)23(9-56)82-43(36(41)74)84-37-26(12-59)83-42(35(73)34(37)72)81-13-18(7-54)50-14-60/h14,18-43,54-59,64-74H,4-13H2,1-3H3,(H,50,60)(H,51,61)(H,52,62)(H,53,63)(H,75,76)(H,77,78)(H,79,80)/t18-,19+,20+,21+,22-,23-,24-,25-,26-,27-,28-,29-,30-,31+,32-,33-,34-,35-,36-,37-,38-,39-,40-,41+,42-,43+,47-,48-,49+/m1/s1. The van der Waals surface area contributed by atoms with Gasteiger partial charge in [-0.3, -0.25) is 19.2 Å². The summed E-state index contributed by atoms with van der Waals surface area (Å²) in [6, 6.07) is -6.90. The van der Waals surface area contributed by atoms with Crippen LogP contribution < -0.4 is 21.3 Å². The topological polar surface area (TPSA) is 665 Å². The zero-order valence-corrected chi connectivity index (χ0v) is 48.0. The van der Waals surface area contributed by atoms with Crippen molar-refractivity contribution in [3.05, 3.63) is 0 Å². The monoisotopic (exact) mass is 1320 g/mol. The fraction of sp³-hybridized carbons (Fsp3) is 0.857. The van der Waals surface area contributed by atoms with E-state index in [4.69, 9.17) is 47.4 Å². The minimum absolute atomic E-state index is 0.226. The molecule has 90 heavy (non-hydrogen) atoms. The minimum Gasteiger partial charge on any atom is -0.477 e. The Morgan fingerprint density at radius 2 is 0.933 bits per heavy atom. The molecule has 29 atom stereocenters. The Bertz CT molecular complexity index is 2410. The van der Waals surface area contributed by atoms with E-state index in [0.29, 0.717) is 0 Å². The Morgan fingerprint density at radius 1 is 0.522 bits per heavy atom. The maximum Gasteiger partial charge on any atom is 0.364 e. The molecule has 518 valence electrons. The molecule has 5 aliphatic rings. The average molecular weight is 1320 g/mol. The van der Waals surface area contributed by atoms with Crippen LogP contribution in [0.2, 0.25) is 0 Å². The van der Waals surface area contributed by atoms with E-state index in [1.807, 2.05) is 0 Å². The number of amides is 4. The van der Waals surface area contributed by atoms with Crippen LogP contribution in [0.5, 0.6) is 0 Å². The number of nitrogens with one attached hydrogen (secondary N) is 4. The second-order valence-electron chi connectivity index (χ2n) is 21.9. The van der Waals surface area contributed by atoms with Gasteiger partial charge in [-0.05, 0) is 0 Å². The summed E-state index contributed by atoms with van der Waals surface area (Å²) in [4.78, 5) is 88.3. The number of carboxylic acid groups (broad SMARTS) is 3. The van der Waals surface area contributed by atoms with Crippen molar-refractivity contribution >= 4 is 42.0 Å². The number of aliphatic hydroxyl groups excluding tert-OH is 17. The molecule has 0 unspecified atom stereocenters. The molecule has 0 bridgehead atoms. The van der Waals surface area contributed by atoms with Crippen LogP contribution in [-0.4, -0.2) is 367 Å². The van der Waals surface area contributed by atoms with Crippen molar-refractivity contribution in [1.82, 2.24) is 21.3 Å². The van der Waals surface area contributed by atoms with Gasteiger partial charge in [0.2, 0.25) is 24.1 Å². The van der Waals surface area contributed by atoms with Crippen molar-refractivity contribution in [3.8, 4) is 0 Å². The van der Waals surface area contributed by atoms with Crippen molar-refractivity contribution in [3.63, 3.8) is 0 Å². The summed E-state index contributed by atoms with van der Waals surface area (Å²) in [6.45, 7) is -5.15. The van der Waals surface area contributed by atoms with E-state index in [1.54, 1.807) is 0 Å². The SMILES string of the molecule is CC(=O)N[C@H]1[C@H]([C@H](O)[C@H](O)CO)O[C@@](O[C@H](CO)[C@@H](O)[C@@H]2O[C@@](O[C@H](CO)[C@@H](O)[C@@H]3O[C@@](O[C@H]4[C@@H](O)[C@@H](CO)O[C@@H](O[C@H]5[C@H](O)[C@@H](O)[C@H](OC[C@@H](CO)NC=O)O[C@@H]5CO)[C@@H]4O)(C(=O)O)C[C@H](O)[C@H]3NC(C)=O)(C(=O)O)C[C@H](O)[C@H]2NC(C)=O)(C(=O)O)C[C@@H]1O. The lowest BCUT2D eigenvalue weighted by Gasteiger charge is -2.51. The van der Waals surface area contributed by atoms with Gasteiger partial charge in [-0.1, -0.05) is 0 Å². The molecule has 0 aliphatic carbocycles. The zero-order chi connectivity index (χ0) is 67.7. The Kier molecular flexibility index (Phi) is 27.3. The van der Waals surface area contributed by atoms with Crippen LogP contribution in [0.4, 0.5) is 0 Å². The molecule has 4 amide bonds. The second-order valence-corrected chi connectivity index (χ2v) is 21.9. The smallest absolute Gasteiger partial charge is 0.364 e. The van der Waals surface area contributed by atoms with E-state index in [0.717, 1.165) is 20.8 Å². The van der Waals surface area contributed by atoms with E-state index < -0.39 is 277 Å². The molecule has 0 aromatic heterocycles. The third-order valence-electron chi connectivity index (χ3n) is 15.4. The van der Waals surface area contributed by atoms with E-state index in [9.17, 15) is 136 Å². The lowest BCUT2D eigenvalue weighted by Crippen LogP contribution is -2.72. The Hall–Kier alpha value is -4.79. The van der Waals surface area contributed by atoms with Gasteiger partial charge in [0.25, 0.3) is 17.4 Å². The summed E-state index contributed by atoms with van der Waals surface area (Å²) in [7, 11) is 0. The van der Waals surface area contributed by atoms with Gasteiger partial charge < -0.3 is 171 Å². The van der Waals surface area contributed by atoms with Crippen LogP contribution in [0.1, 0.15) is 40.0 Å². The third kappa shape index (κ3) is 16.9. The molecule has 5 saturated heterocycles. The summed E-state index contributed by atoms with van der Waals surface area (Å²) >= 11 is 0. The Labute approximate surface area is 508 Å². The summed E-state index contributed by atoms with van der Waals surface area (Å²) in [5.74, 6) is -20.2. The van der Waals surface area contributed by atoms with Crippen molar-refractivity contribution in [2.24, 2.45) is 0 Å². The zero-order valence-electron chi connectivity index (χ0n) is 48.0. The van der Waals surface area contributed by atoms with Gasteiger partial charge in [-0.2, -0.15) is 0 Å². The molecule has 0 spiro atoms. The van der Waals surface area contributed by atoms with Gasteiger partial charge in [0.05, 0.1) is 88.7 Å². The first kappa shape index (κ1) is 75.9. The summed E-state index contributed by atoms with van der Waals surface area (Å²) in [6.07, 6.45) is -54.0. The number of hydrogen-bond acceptors (Lipinski definition) is 34. The quantitative estimate of drug-likeness (QED) is 0.0287. The molecule has 5 aliphatic heterocycles. The lowest BCUT2D eigenvalue weighted by molar-refractivity contribution is -0.388. The number of carboxylic acids is 3. The minimum atomic E-state index is -3.56. The van der Waals surface area contributed by atoms with Gasteiger partial charge in [0.15, 0.2) is 12.6 Å². The molecule has 0 aromatic rings. The van der Waals surface area contributed by atoms with E-state index >= 15 is 0 Å². The maximum atomic E-state index is 13.5. The van der Waals surface area contributed by atoms with Crippen molar-refractivity contribution in [2.45, 2.75) is 216 Å². The van der Waals surface area contributed by atoms with Gasteiger partial charge in [-0.15, -0.1) is 0 Å². The molecular formula is C49H80N4O37. The predicted octanol–water partition coefficient (Wildman–Crippen LogP) is -14.7. The van der Waals surface area contributed by atoms with Crippen LogP contribution in [0.25, 0.3) is 0 Å². The molecule has 5 rings (SSSR count). The van der Waals surface area contributed by atoms with Crippen LogP contribution in [0, 0.1) is 0 Å². The molecule has 41 nitrogen and oxygen atoms in total. The lowest BCUT2D eigenvalue weighted by atomic mass is 9.86. The van der Waals surface area contributed by atoms with E-state index in [2.05, 4.69) is 21.3 Å². The Morgan fingerprint density at radius 3 is 1.31 bits per heavy atom. The molecule has 5 fully saturated rings. The first-order chi connectivity index (χ1) is 42.2. The largest absolute Gasteiger partial charge is 0.477 e. The fourth-order valence-corrected chi connectivity index (χ4v) is 10.9. The average Bonchev–Trinajstić information content (AvgIpc) is 0.821. The Balaban J connectivity index is 1.49. The highest BCUT2D eigenvalue weighted by atomic mass is 16.8. The van der Waals surface area contributed by atoms with Crippen molar-refractivity contribution in [1.29, 1.82) is 0 Å². The highest BCUT2D eigenvalue weighted by Gasteiger charge is 2.64. The number of aliphatic hydroxyl groups is 17. The van der Waals surface area contributed by atoms with Crippen molar-refractivity contribution in [2.75, 3.05) is 46.2 Å². The first-order valence-corrected chi connectivity index (χ1v) is 27.7. The summed E-state index contributed by atoms with van der Waals surface area (Å²) in [5, 5.41) is 227. The summed E-state index contributed by atoms with van der Waals surface area (Å²) < 4.78 is 56.2. The molecular weight excluding hydrogens is 1240 g/mol. The summed E-state index contributed by atoms with van der Waals surface area (Å²) in [5.41, 5.74) is 0. The highest BCUT2D eigenvalue weighted by molar-refractivity contribution is 5.78. The number of aliphatic carboxylic acids is 3. The molecule has 24 N–H and O–H groups in total. The number of carbonyl (C=O) groups is 7. The fourth-order valence-electron chi connectivity index (χ4n) is 10.9. The highest BCUT2D eigenvalue weighted by Crippen LogP contribution is 2.42. The number of hydrogen-bond donors (Lipinski definition) is 24. The van der Waals surface area contributed by atoms with E-state index in [-0.39, 0.29) is 6.41 Å². The number of ether oxygens (including phenoxy) is 10. The molecule has 5 heterocycles. The number of carbonyl (C=O) groups excluding carboxylic acids is 4.